The van der Waals surface area contributed by atoms with E-state index in [0.717, 1.165) is 59.9 Å². The van der Waals surface area contributed by atoms with Crippen molar-refractivity contribution in [3.63, 3.8) is 0 Å². The van der Waals surface area contributed by atoms with E-state index in [1.54, 1.807) is 0 Å². The number of benzene rings is 2. The molecule has 0 aromatic heterocycles. The van der Waals surface area contributed by atoms with Gasteiger partial charge in [-0.25, -0.2) is 0 Å². The summed E-state index contributed by atoms with van der Waals surface area (Å²) in [7, 11) is 0. The Labute approximate surface area is 270 Å². The van der Waals surface area contributed by atoms with Crippen molar-refractivity contribution in [2.75, 3.05) is 0 Å². The molecule has 45 heavy (non-hydrogen) atoms. The van der Waals surface area contributed by atoms with Gasteiger partial charge in [0.15, 0.2) is 11.5 Å². The summed E-state index contributed by atoms with van der Waals surface area (Å²) in [6.45, 7) is 22.0. The van der Waals surface area contributed by atoms with Gasteiger partial charge in [-0.3, -0.25) is 4.79 Å². The minimum absolute atomic E-state index is 0.0493. The topological polar surface area (TPSA) is 76.0 Å². The Balaban J connectivity index is 1.44. The molecule has 0 heterocycles. The number of phenols is 1. The number of Topliss-reactive ketones (excluding diaryl/α,β-unsaturated/α-hetero) is 1. The zero-order valence-corrected chi connectivity index (χ0v) is 29.2. The van der Waals surface area contributed by atoms with E-state index in [4.69, 9.17) is 9.78 Å². The van der Waals surface area contributed by atoms with Crippen LogP contribution in [0.3, 0.4) is 0 Å². The number of aliphatic hydroxyl groups is 1. The van der Waals surface area contributed by atoms with Gasteiger partial charge in [0, 0.05) is 16.5 Å². The van der Waals surface area contributed by atoms with Crippen LogP contribution >= 0.6 is 0 Å². The van der Waals surface area contributed by atoms with Crippen LogP contribution in [0.4, 0.5) is 0 Å². The molecular formula is C40H54O5. The first kappa shape index (κ1) is 32.2. The Morgan fingerprint density at radius 2 is 1.47 bits per heavy atom. The Morgan fingerprint density at radius 1 is 0.800 bits per heavy atom. The molecule has 0 aliphatic heterocycles. The lowest BCUT2D eigenvalue weighted by Gasteiger charge is -2.55. The lowest BCUT2D eigenvalue weighted by atomic mass is 9.50. The van der Waals surface area contributed by atoms with E-state index in [2.05, 4.69) is 75.3 Å². The van der Waals surface area contributed by atoms with Gasteiger partial charge in [-0.15, -0.1) is 0 Å². The third kappa shape index (κ3) is 4.86. The zero-order valence-electron chi connectivity index (χ0n) is 29.2. The number of carbonyl (C=O) groups is 1. The maximum absolute atomic E-state index is 13.7. The maximum atomic E-state index is 13.7. The number of fused-ring (bicyclic) bond motifs is 6. The second kappa shape index (κ2) is 10.6. The molecule has 6 rings (SSSR count). The first-order chi connectivity index (χ1) is 20.9. The molecule has 2 N–H and O–H groups in total. The number of hydrogen-bond acceptors (Lipinski definition) is 5. The van der Waals surface area contributed by atoms with Crippen molar-refractivity contribution < 1.29 is 24.8 Å². The van der Waals surface area contributed by atoms with Crippen LogP contribution in [0.1, 0.15) is 170 Å². The molecule has 2 saturated carbocycles. The smallest absolute Gasteiger partial charge is 0.227 e. The molecule has 2 fully saturated rings. The van der Waals surface area contributed by atoms with Crippen molar-refractivity contribution in [1.29, 1.82) is 0 Å². The second-order valence-corrected chi connectivity index (χ2v) is 17.1. The minimum Gasteiger partial charge on any atom is -0.508 e. The van der Waals surface area contributed by atoms with Crippen molar-refractivity contribution in [2.24, 2.45) is 16.7 Å². The third-order valence-electron chi connectivity index (χ3n) is 12.5. The van der Waals surface area contributed by atoms with Crippen LogP contribution < -0.4 is 4.89 Å². The number of phenolic OH excluding ortho intramolecular Hbond substituents is 1. The molecule has 0 unspecified atom stereocenters. The zero-order chi connectivity index (χ0) is 32.9. The van der Waals surface area contributed by atoms with Gasteiger partial charge in [0.25, 0.3) is 0 Å². The minimum atomic E-state index is -0.461. The quantitative estimate of drug-likeness (QED) is 0.259. The highest BCUT2D eigenvalue weighted by Gasteiger charge is 2.54. The SMILES string of the molecule is CC(C)c1cc2c(cc1O)[C@@]1(C)CCCC(C)(C)[C@@H]1C[C@@H]2OOc1cc2c(cc1C(C)C)C(=O)C(O)=C1C(C)(C)CCC[C@@]12C. The normalized spacial score (nSPS) is 30.1. The summed E-state index contributed by atoms with van der Waals surface area (Å²) < 4.78 is 0. The summed E-state index contributed by atoms with van der Waals surface area (Å²) in [4.78, 5) is 26.7. The highest BCUT2D eigenvalue weighted by atomic mass is 17.2. The molecule has 2 aromatic rings. The number of ketones is 1. The molecule has 4 aliphatic carbocycles. The number of aliphatic hydroxyl groups excluding tert-OH is 1. The van der Waals surface area contributed by atoms with Gasteiger partial charge >= 0.3 is 0 Å². The molecule has 2 aromatic carbocycles. The number of rotatable bonds is 5. The second-order valence-electron chi connectivity index (χ2n) is 17.1. The lowest BCUT2D eigenvalue weighted by molar-refractivity contribution is -0.260. The summed E-state index contributed by atoms with van der Waals surface area (Å²) >= 11 is 0. The molecule has 4 atom stereocenters. The Kier molecular flexibility index (Phi) is 7.59. The highest BCUT2D eigenvalue weighted by molar-refractivity contribution is 6.11. The van der Waals surface area contributed by atoms with Crippen LogP contribution in [0.2, 0.25) is 0 Å². The van der Waals surface area contributed by atoms with E-state index in [0.29, 0.717) is 23.0 Å². The molecule has 5 heteroatoms. The lowest BCUT2D eigenvalue weighted by Crippen LogP contribution is -2.49. The Bertz CT molecular complexity index is 1580. The predicted molar refractivity (Wildman–Crippen MR) is 179 cm³/mol. The first-order valence-electron chi connectivity index (χ1n) is 17.3. The molecule has 0 amide bonds. The summed E-state index contributed by atoms with van der Waals surface area (Å²) in [6.07, 6.45) is 6.79. The third-order valence-corrected chi connectivity index (χ3v) is 12.5. The maximum Gasteiger partial charge on any atom is 0.227 e. The molecule has 0 radical (unpaired) electrons. The van der Waals surface area contributed by atoms with Crippen molar-refractivity contribution in [3.8, 4) is 11.5 Å². The van der Waals surface area contributed by atoms with Crippen molar-refractivity contribution in [3.05, 3.63) is 69.0 Å². The van der Waals surface area contributed by atoms with Gasteiger partial charge < -0.3 is 15.1 Å². The van der Waals surface area contributed by atoms with Crippen molar-refractivity contribution >= 4 is 5.78 Å². The standard InChI is InChI=1S/C40H54O5/c1-22(2)24-17-26-28(19-30(24)41)39(9)15-11-13-37(5,6)33(39)21-32(26)45-44-31-20-29-27(18-25(31)23(3)4)34(42)35(43)36-38(7,8)14-12-16-40(29,36)10/h17-20,22-23,32-33,41,43H,11-16,21H2,1-10H3/t32-,33-,39+,40+/m0/s1. The summed E-state index contributed by atoms with van der Waals surface area (Å²) in [5.41, 5.74) is 5.82. The fraction of sp³-hybridized carbons (Fsp3) is 0.625. The largest absolute Gasteiger partial charge is 0.508 e. The van der Waals surface area contributed by atoms with Crippen LogP contribution in [-0.2, 0) is 15.7 Å². The highest BCUT2D eigenvalue weighted by Crippen LogP contribution is 2.61. The molecule has 0 saturated heterocycles. The predicted octanol–water partition coefficient (Wildman–Crippen LogP) is 10.7. The van der Waals surface area contributed by atoms with Gasteiger partial charge in [-0.05, 0) is 118 Å². The number of aromatic hydroxyl groups is 1. The molecular weight excluding hydrogens is 560 g/mol. The van der Waals surface area contributed by atoms with Gasteiger partial charge in [0.2, 0.25) is 5.78 Å². The Hall–Kier alpha value is -2.79. The van der Waals surface area contributed by atoms with Crippen molar-refractivity contribution in [2.45, 2.75) is 143 Å². The van der Waals surface area contributed by atoms with Gasteiger partial charge in [-0.2, -0.15) is 4.89 Å². The number of allylic oxidation sites excluding steroid dienone is 2. The fourth-order valence-corrected chi connectivity index (χ4v) is 10.1. The van der Waals surface area contributed by atoms with Crippen molar-refractivity contribution in [1.82, 2.24) is 0 Å². The fourth-order valence-electron chi connectivity index (χ4n) is 10.1. The number of carbonyl (C=O) groups excluding carboxylic acids is 1. The van der Waals surface area contributed by atoms with E-state index < -0.39 is 5.41 Å². The first-order valence-corrected chi connectivity index (χ1v) is 17.3. The molecule has 244 valence electrons. The van der Waals surface area contributed by atoms with Crippen LogP contribution in [0.15, 0.2) is 35.6 Å². The van der Waals surface area contributed by atoms with Crippen LogP contribution in [0.5, 0.6) is 11.5 Å². The van der Waals surface area contributed by atoms with Crippen LogP contribution in [0.25, 0.3) is 0 Å². The average Bonchev–Trinajstić information content (AvgIpc) is 2.94. The molecule has 0 spiro atoms. The van der Waals surface area contributed by atoms with E-state index in [-0.39, 0.29) is 45.7 Å². The van der Waals surface area contributed by atoms with Gasteiger partial charge in [-0.1, -0.05) is 82.1 Å². The summed E-state index contributed by atoms with van der Waals surface area (Å²) in [5, 5.41) is 22.4. The van der Waals surface area contributed by atoms with Gasteiger partial charge in [0.05, 0.1) is 0 Å². The summed E-state index contributed by atoms with van der Waals surface area (Å²) in [6, 6.07) is 8.15. The molecule has 4 aliphatic rings. The van der Waals surface area contributed by atoms with E-state index in [1.807, 2.05) is 18.2 Å². The van der Waals surface area contributed by atoms with Crippen LogP contribution in [-0.4, -0.2) is 16.0 Å². The van der Waals surface area contributed by atoms with Gasteiger partial charge in [0.1, 0.15) is 11.9 Å². The van der Waals surface area contributed by atoms with E-state index in [9.17, 15) is 15.0 Å². The summed E-state index contributed by atoms with van der Waals surface area (Å²) in [5.74, 6) is 1.27. The molecule has 5 nitrogen and oxygen atoms in total. The number of hydrogen-bond donors (Lipinski definition) is 2. The Morgan fingerprint density at radius 3 is 2.13 bits per heavy atom. The van der Waals surface area contributed by atoms with E-state index in [1.165, 1.54) is 18.4 Å². The monoisotopic (exact) mass is 614 g/mol. The van der Waals surface area contributed by atoms with Crippen LogP contribution in [0, 0.1) is 16.7 Å². The molecule has 0 bridgehead atoms. The average molecular weight is 615 g/mol. The van der Waals surface area contributed by atoms with E-state index >= 15 is 0 Å².